The molecule has 0 fully saturated rings. The monoisotopic (exact) mass is 298 g/mol. The lowest BCUT2D eigenvalue weighted by Crippen LogP contribution is -2.23. The number of benzene rings is 1. The summed E-state index contributed by atoms with van der Waals surface area (Å²) in [5.74, 6) is -0.365. The first-order valence-electron chi connectivity index (χ1n) is 5.76. The molecule has 0 bridgehead atoms. The van der Waals surface area contributed by atoms with Gasteiger partial charge in [-0.3, -0.25) is 4.79 Å². The molecule has 0 amide bonds. The lowest BCUT2D eigenvalue weighted by atomic mass is 9.77. The highest BCUT2D eigenvalue weighted by Gasteiger charge is 2.27. The lowest BCUT2D eigenvalue weighted by molar-refractivity contribution is -0.138. The number of hydrogen-bond donors (Lipinski definition) is 1. The van der Waals surface area contributed by atoms with Gasteiger partial charge in [0.2, 0.25) is 0 Å². The van der Waals surface area contributed by atoms with Crippen LogP contribution in [0.3, 0.4) is 0 Å². The maximum absolute atomic E-state index is 10.9. The van der Waals surface area contributed by atoms with Crippen molar-refractivity contribution in [3.63, 3.8) is 0 Å². The second-order valence-corrected chi connectivity index (χ2v) is 6.26. The van der Waals surface area contributed by atoms with E-state index in [1.54, 1.807) is 0 Å². The summed E-state index contributed by atoms with van der Waals surface area (Å²) in [6, 6.07) is 6.13. The predicted molar refractivity (Wildman–Crippen MR) is 73.5 cm³/mol. The molecular weight excluding hydrogens is 280 g/mol. The van der Waals surface area contributed by atoms with Crippen molar-refractivity contribution in [2.75, 3.05) is 0 Å². The summed E-state index contributed by atoms with van der Waals surface area (Å²) in [6.07, 6.45) is 0.142. The zero-order valence-electron chi connectivity index (χ0n) is 10.7. The van der Waals surface area contributed by atoms with Crippen molar-refractivity contribution < 1.29 is 9.90 Å². The number of carboxylic acids is 1. The number of halogens is 1. The highest BCUT2D eigenvalue weighted by molar-refractivity contribution is 9.10. The SMILES string of the molecule is CC(C)c1ccc(Br)cc1C(C)(C)CC(=O)O. The largest absolute Gasteiger partial charge is 0.481 e. The third-order valence-electron chi connectivity index (χ3n) is 2.96. The summed E-state index contributed by atoms with van der Waals surface area (Å²) in [5.41, 5.74) is 1.98. The number of aliphatic carboxylic acids is 1. The van der Waals surface area contributed by atoms with Gasteiger partial charge in [0.1, 0.15) is 0 Å². The molecule has 0 aliphatic rings. The third kappa shape index (κ3) is 3.56. The molecule has 0 spiro atoms. The number of carbonyl (C=O) groups is 1. The van der Waals surface area contributed by atoms with Crippen LogP contribution >= 0.6 is 15.9 Å². The summed E-state index contributed by atoms with van der Waals surface area (Å²) < 4.78 is 0.996. The van der Waals surface area contributed by atoms with Crippen molar-refractivity contribution in [1.29, 1.82) is 0 Å². The molecule has 0 heterocycles. The molecule has 0 aromatic heterocycles. The Morgan fingerprint density at radius 1 is 1.41 bits per heavy atom. The van der Waals surface area contributed by atoms with Gasteiger partial charge in [-0.1, -0.05) is 49.7 Å². The van der Waals surface area contributed by atoms with E-state index in [2.05, 4.69) is 35.8 Å². The molecule has 0 radical (unpaired) electrons. The average molecular weight is 299 g/mol. The van der Waals surface area contributed by atoms with E-state index in [0.717, 1.165) is 10.0 Å². The number of rotatable bonds is 4. The van der Waals surface area contributed by atoms with Crippen LogP contribution in [0.25, 0.3) is 0 Å². The zero-order valence-corrected chi connectivity index (χ0v) is 12.3. The van der Waals surface area contributed by atoms with E-state index in [0.29, 0.717) is 5.92 Å². The fourth-order valence-electron chi connectivity index (χ4n) is 2.09. The Labute approximate surface area is 111 Å². The van der Waals surface area contributed by atoms with Crippen LogP contribution in [0.15, 0.2) is 22.7 Å². The van der Waals surface area contributed by atoms with Crippen LogP contribution < -0.4 is 0 Å². The summed E-state index contributed by atoms with van der Waals surface area (Å²) in [6.45, 7) is 8.22. The Hall–Kier alpha value is -0.830. The maximum Gasteiger partial charge on any atom is 0.304 e. The quantitative estimate of drug-likeness (QED) is 0.898. The van der Waals surface area contributed by atoms with E-state index >= 15 is 0 Å². The molecule has 1 rings (SSSR count). The first kappa shape index (κ1) is 14.2. The van der Waals surface area contributed by atoms with E-state index in [-0.39, 0.29) is 11.8 Å². The van der Waals surface area contributed by atoms with Gasteiger partial charge in [0.05, 0.1) is 6.42 Å². The van der Waals surface area contributed by atoms with Crippen LogP contribution in [-0.2, 0) is 10.2 Å². The minimum atomic E-state index is -0.760. The van der Waals surface area contributed by atoms with Crippen molar-refractivity contribution >= 4 is 21.9 Å². The minimum Gasteiger partial charge on any atom is -0.481 e. The number of carboxylic acid groups (broad SMARTS) is 1. The Balaban J connectivity index is 3.27. The van der Waals surface area contributed by atoms with Gasteiger partial charge in [-0.25, -0.2) is 0 Å². The predicted octanol–water partition coefficient (Wildman–Crippen LogP) is 4.32. The van der Waals surface area contributed by atoms with Crippen molar-refractivity contribution in [3.8, 4) is 0 Å². The summed E-state index contributed by atoms with van der Waals surface area (Å²) in [5, 5.41) is 9.00. The molecule has 3 heteroatoms. The molecule has 2 nitrogen and oxygen atoms in total. The lowest BCUT2D eigenvalue weighted by Gasteiger charge is -2.28. The molecule has 0 unspecified atom stereocenters. The van der Waals surface area contributed by atoms with Gasteiger partial charge in [0.25, 0.3) is 0 Å². The van der Waals surface area contributed by atoms with Gasteiger partial charge in [-0.05, 0) is 29.2 Å². The van der Waals surface area contributed by atoms with Gasteiger partial charge < -0.3 is 5.11 Å². The fraction of sp³-hybridized carbons (Fsp3) is 0.500. The molecule has 0 aliphatic heterocycles. The van der Waals surface area contributed by atoms with Crippen molar-refractivity contribution in [1.82, 2.24) is 0 Å². The number of hydrogen-bond acceptors (Lipinski definition) is 1. The Morgan fingerprint density at radius 3 is 2.47 bits per heavy atom. The second kappa shape index (κ2) is 5.21. The average Bonchev–Trinajstić information content (AvgIpc) is 2.14. The summed E-state index contributed by atoms with van der Waals surface area (Å²) in [4.78, 5) is 10.9. The van der Waals surface area contributed by atoms with Crippen LogP contribution in [0.1, 0.15) is 51.2 Å². The van der Waals surface area contributed by atoms with Crippen LogP contribution in [-0.4, -0.2) is 11.1 Å². The highest BCUT2D eigenvalue weighted by atomic mass is 79.9. The molecule has 0 saturated heterocycles. The molecule has 0 atom stereocenters. The third-order valence-corrected chi connectivity index (χ3v) is 3.45. The van der Waals surface area contributed by atoms with E-state index < -0.39 is 5.97 Å². The minimum absolute atomic E-state index is 0.142. The topological polar surface area (TPSA) is 37.3 Å². The van der Waals surface area contributed by atoms with Crippen molar-refractivity contribution in [3.05, 3.63) is 33.8 Å². The Morgan fingerprint density at radius 2 is 2.00 bits per heavy atom. The molecule has 0 saturated carbocycles. The summed E-state index contributed by atoms with van der Waals surface area (Å²) >= 11 is 3.46. The Kier molecular flexibility index (Phi) is 4.36. The molecule has 1 N–H and O–H groups in total. The maximum atomic E-state index is 10.9. The van der Waals surface area contributed by atoms with Gasteiger partial charge in [-0.15, -0.1) is 0 Å². The van der Waals surface area contributed by atoms with Crippen molar-refractivity contribution in [2.45, 2.75) is 45.4 Å². The molecule has 94 valence electrons. The van der Waals surface area contributed by atoms with Crippen molar-refractivity contribution in [2.24, 2.45) is 0 Å². The zero-order chi connectivity index (χ0) is 13.2. The first-order chi connectivity index (χ1) is 7.74. The van der Waals surface area contributed by atoms with E-state index in [1.807, 2.05) is 26.0 Å². The van der Waals surface area contributed by atoms with E-state index in [9.17, 15) is 4.79 Å². The van der Waals surface area contributed by atoms with Gasteiger partial charge in [-0.2, -0.15) is 0 Å². The van der Waals surface area contributed by atoms with E-state index in [4.69, 9.17) is 5.11 Å². The van der Waals surface area contributed by atoms with Gasteiger partial charge in [0, 0.05) is 9.89 Å². The standard InChI is InChI=1S/C14H19BrO2/c1-9(2)11-6-5-10(15)7-12(11)14(3,4)8-13(16)17/h5-7,9H,8H2,1-4H3,(H,16,17). The summed E-state index contributed by atoms with van der Waals surface area (Å²) in [7, 11) is 0. The van der Waals surface area contributed by atoms with Crippen LogP contribution in [0.2, 0.25) is 0 Å². The molecular formula is C14H19BrO2. The molecule has 1 aromatic carbocycles. The second-order valence-electron chi connectivity index (χ2n) is 5.34. The van der Waals surface area contributed by atoms with E-state index in [1.165, 1.54) is 5.56 Å². The van der Waals surface area contributed by atoms with Gasteiger partial charge in [0.15, 0.2) is 0 Å². The van der Waals surface area contributed by atoms with Crippen LogP contribution in [0.5, 0.6) is 0 Å². The Bertz CT molecular complexity index is 422. The van der Waals surface area contributed by atoms with Crippen LogP contribution in [0.4, 0.5) is 0 Å². The fourth-order valence-corrected chi connectivity index (χ4v) is 2.45. The first-order valence-corrected chi connectivity index (χ1v) is 6.55. The van der Waals surface area contributed by atoms with Crippen LogP contribution in [0, 0.1) is 0 Å². The smallest absolute Gasteiger partial charge is 0.304 e. The molecule has 17 heavy (non-hydrogen) atoms. The molecule has 1 aromatic rings. The van der Waals surface area contributed by atoms with Gasteiger partial charge >= 0.3 is 5.97 Å². The molecule has 0 aliphatic carbocycles. The normalized spacial score (nSPS) is 11.9. The highest BCUT2D eigenvalue weighted by Crippen LogP contribution is 2.35.